The van der Waals surface area contributed by atoms with E-state index in [1.165, 1.54) is 0 Å². The molecule has 2 nitrogen and oxygen atoms in total. The molecule has 8 heteroatoms. The van der Waals surface area contributed by atoms with Gasteiger partial charge in [-0.15, -0.1) is 0 Å². The molecular formula is C10H2Br2Cl2I2N2. The van der Waals surface area contributed by atoms with Gasteiger partial charge in [0.25, 0.3) is 0 Å². The first kappa shape index (κ1) is 15.7. The molecule has 0 saturated heterocycles. The molecule has 2 aromatic rings. The molecule has 2 heterocycles. The zero-order valence-electron chi connectivity index (χ0n) is 8.32. The van der Waals surface area contributed by atoms with Crippen LogP contribution in [-0.2, 0) is 0 Å². The van der Waals surface area contributed by atoms with Gasteiger partial charge in [-0.25, -0.2) is 9.97 Å². The second-order valence-corrected chi connectivity index (χ2v) is 7.75. The van der Waals surface area contributed by atoms with E-state index in [-0.39, 0.29) is 0 Å². The number of nitrogens with zero attached hydrogens (tertiary/aromatic N) is 2. The molecule has 0 atom stereocenters. The van der Waals surface area contributed by atoms with Crippen molar-refractivity contribution in [2.75, 3.05) is 0 Å². The molecule has 18 heavy (non-hydrogen) atoms. The van der Waals surface area contributed by atoms with E-state index in [1.54, 1.807) is 12.4 Å². The van der Waals surface area contributed by atoms with Gasteiger partial charge in [-0.1, -0.05) is 23.2 Å². The molecule has 0 aromatic carbocycles. The Bertz CT molecular complexity index is 582. The van der Waals surface area contributed by atoms with E-state index in [0.29, 0.717) is 19.3 Å². The minimum Gasteiger partial charge on any atom is -0.247 e. The predicted octanol–water partition coefficient (Wildman–Crippen LogP) is 6.18. The molecule has 0 N–H and O–H groups in total. The molecule has 0 spiro atoms. The highest BCUT2D eigenvalue weighted by atomic mass is 127. The van der Waals surface area contributed by atoms with Crippen molar-refractivity contribution in [2.45, 2.75) is 0 Å². The van der Waals surface area contributed by atoms with Gasteiger partial charge in [-0.05, 0) is 77.0 Å². The summed E-state index contributed by atoms with van der Waals surface area (Å²) in [5.74, 6) is 0. The van der Waals surface area contributed by atoms with Crippen molar-refractivity contribution < 1.29 is 0 Å². The third-order valence-electron chi connectivity index (χ3n) is 2.11. The van der Waals surface area contributed by atoms with Crippen molar-refractivity contribution in [1.29, 1.82) is 0 Å². The Hall–Kier alpha value is 1.30. The van der Waals surface area contributed by atoms with Gasteiger partial charge in [0, 0.05) is 30.7 Å². The lowest BCUT2D eigenvalue weighted by Gasteiger charge is -2.12. The summed E-state index contributed by atoms with van der Waals surface area (Å²) in [7, 11) is 0. The fourth-order valence-corrected chi connectivity index (χ4v) is 4.11. The van der Waals surface area contributed by atoms with Gasteiger partial charge in [0.15, 0.2) is 0 Å². The molecule has 0 unspecified atom stereocenters. The normalized spacial score (nSPS) is 10.8. The van der Waals surface area contributed by atoms with Crippen LogP contribution < -0.4 is 0 Å². The quantitative estimate of drug-likeness (QED) is 0.277. The highest BCUT2D eigenvalue weighted by Gasteiger charge is 2.19. The largest absolute Gasteiger partial charge is 0.247 e. The number of hydrogen-bond acceptors (Lipinski definition) is 2. The Morgan fingerprint density at radius 3 is 1.50 bits per heavy atom. The molecule has 2 aromatic heterocycles. The number of rotatable bonds is 1. The Balaban J connectivity index is 2.85. The van der Waals surface area contributed by atoms with E-state index >= 15 is 0 Å². The van der Waals surface area contributed by atoms with E-state index in [0.717, 1.165) is 18.3 Å². The Labute approximate surface area is 158 Å². The van der Waals surface area contributed by atoms with Gasteiger partial charge in [-0.3, -0.25) is 0 Å². The van der Waals surface area contributed by atoms with Gasteiger partial charge in [0.1, 0.15) is 9.21 Å². The first-order chi connectivity index (χ1) is 8.43. The van der Waals surface area contributed by atoms with Crippen LogP contribution in [0, 0.1) is 7.14 Å². The zero-order chi connectivity index (χ0) is 13.4. The summed E-state index contributed by atoms with van der Waals surface area (Å²) in [4.78, 5) is 8.30. The predicted molar refractivity (Wildman–Crippen MR) is 98.3 cm³/mol. The van der Waals surface area contributed by atoms with Gasteiger partial charge in [-0.2, -0.15) is 0 Å². The first-order valence-electron chi connectivity index (χ1n) is 4.42. The second kappa shape index (κ2) is 6.38. The van der Waals surface area contributed by atoms with E-state index < -0.39 is 0 Å². The molecule has 2 rings (SSSR count). The molecule has 0 radical (unpaired) electrons. The van der Waals surface area contributed by atoms with Crippen molar-refractivity contribution in [3.63, 3.8) is 0 Å². The lowest BCUT2D eigenvalue weighted by atomic mass is 10.1. The van der Waals surface area contributed by atoms with Crippen molar-refractivity contribution >= 4 is 100 Å². The molecule has 0 aliphatic heterocycles. The number of halogens is 6. The summed E-state index contributed by atoms with van der Waals surface area (Å²) in [6.45, 7) is 0. The highest BCUT2D eigenvalue weighted by Crippen LogP contribution is 2.43. The van der Waals surface area contributed by atoms with Crippen LogP contribution in [-0.4, -0.2) is 9.97 Å². The summed E-state index contributed by atoms with van der Waals surface area (Å²) in [5.41, 5.74) is 1.72. The average molecular weight is 635 g/mol. The maximum atomic E-state index is 6.32. The summed E-state index contributed by atoms with van der Waals surface area (Å²) < 4.78 is 3.05. The Morgan fingerprint density at radius 1 is 0.833 bits per heavy atom. The highest BCUT2D eigenvalue weighted by molar-refractivity contribution is 14.1. The third-order valence-corrected chi connectivity index (χ3v) is 6.14. The monoisotopic (exact) mass is 632 g/mol. The minimum absolute atomic E-state index is 0.541. The van der Waals surface area contributed by atoms with Crippen molar-refractivity contribution in [1.82, 2.24) is 9.97 Å². The van der Waals surface area contributed by atoms with Gasteiger partial charge < -0.3 is 0 Å². The Morgan fingerprint density at radius 2 is 1.17 bits per heavy atom. The van der Waals surface area contributed by atoms with Crippen LogP contribution in [0.1, 0.15) is 0 Å². The van der Waals surface area contributed by atoms with E-state index in [2.05, 4.69) is 87.0 Å². The smallest absolute Gasteiger partial charge is 0.125 e. The lowest BCUT2D eigenvalue weighted by molar-refractivity contribution is 1.23. The maximum absolute atomic E-state index is 6.32. The molecular weight excluding hydrogens is 633 g/mol. The second-order valence-electron chi connectivity index (χ2n) is 3.17. The van der Waals surface area contributed by atoms with Crippen LogP contribution in [0.25, 0.3) is 11.1 Å². The number of hydrogen-bond donors (Lipinski definition) is 0. The summed E-state index contributed by atoms with van der Waals surface area (Å²) in [5, 5.41) is 1.08. The van der Waals surface area contributed by atoms with E-state index in [4.69, 9.17) is 23.2 Å². The average Bonchev–Trinajstić information content (AvgIpc) is 2.33. The fraction of sp³-hybridized carbons (Fsp3) is 0. The fourth-order valence-electron chi connectivity index (χ4n) is 1.34. The van der Waals surface area contributed by atoms with Gasteiger partial charge >= 0.3 is 0 Å². The summed E-state index contributed by atoms with van der Waals surface area (Å²) >= 11 is 23.7. The zero-order valence-corrected chi connectivity index (χ0v) is 17.3. The molecule has 0 bridgehead atoms. The molecule has 0 aliphatic rings. The van der Waals surface area contributed by atoms with Crippen LogP contribution in [0.4, 0.5) is 0 Å². The molecule has 94 valence electrons. The minimum atomic E-state index is 0.541. The summed E-state index contributed by atoms with van der Waals surface area (Å²) in [6, 6.07) is 0. The van der Waals surface area contributed by atoms with E-state index in [9.17, 15) is 0 Å². The molecule has 0 amide bonds. The van der Waals surface area contributed by atoms with Crippen molar-refractivity contribution in [3.05, 3.63) is 38.8 Å². The molecule has 0 aliphatic carbocycles. The third kappa shape index (κ3) is 2.98. The number of pyridine rings is 2. The van der Waals surface area contributed by atoms with Crippen molar-refractivity contribution in [2.24, 2.45) is 0 Å². The standard InChI is InChI=1S/C10H2Br2Cl2I2N2/c11-9-7(13)5(3(15)1-17-9)6-4(16)2-18-10(12)8(6)14/h1-2H. The SMILES string of the molecule is Clc1c(Br)ncc(I)c1-c1c(I)cnc(Br)c1Cl. The lowest BCUT2D eigenvalue weighted by Crippen LogP contribution is -1.94. The number of aromatic nitrogens is 2. The van der Waals surface area contributed by atoms with Crippen LogP contribution >= 0.6 is 100 Å². The molecule has 0 fully saturated rings. The van der Waals surface area contributed by atoms with Crippen LogP contribution in [0.5, 0.6) is 0 Å². The van der Waals surface area contributed by atoms with Crippen LogP contribution in [0.15, 0.2) is 21.6 Å². The van der Waals surface area contributed by atoms with Gasteiger partial charge in [0.2, 0.25) is 0 Å². The van der Waals surface area contributed by atoms with Crippen LogP contribution in [0.2, 0.25) is 10.0 Å². The summed E-state index contributed by atoms with van der Waals surface area (Å²) in [6.07, 6.45) is 3.49. The first-order valence-corrected chi connectivity index (χ1v) is 8.92. The van der Waals surface area contributed by atoms with Gasteiger partial charge in [0.05, 0.1) is 10.0 Å². The topological polar surface area (TPSA) is 25.8 Å². The van der Waals surface area contributed by atoms with E-state index in [1.807, 2.05) is 0 Å². The Kier molecular flexibility index (Phi) is 5.56. The van der Waals surface area contributed by atoms with Crippen LogP contribution in [0.3, 0.4) is 0 Å². The maximum Gasteiger partial charge on any atom is 0.125 e. The van der Waals surface area contributed by atoms with Crippen molar-refractivity contribution in [3.8, 4) is 11.1 Å². The molecule has 0 saturated carbocycles.